The Morgan fingerprint density at radius 2 is 1.61 bits per heavy atom. The van der Waals surface area contributed by atoms with E-state index in [1.165, 1.54) is 19.1 Å². The number of methoxy groups -OCH3 is 3. The van der Waals surface area contributed by atoms with Gasteiger partial charge in [-0.25, -0.2) is 0 Å². The fraction of sp³-hybridized carbons (Fsp3) is 0.267. The lowest BCUT2D eigenvalue weighted by molar-refractivity contribution is -0.140. The van der Waals surface area contributed by atoms with Crippen molar-refractivity contribution < 1.29 is 33.6 Å². The van der Waals surface area contributed by atoms with Crippen molar-refractivity contribution >= 4 is 17.4 Å². The molecule has 1 atom stereocenters. The molecule has 1 aliphatic rings. The normalized spacial score (nSPS) is 16.5. The zero-order valence-electron chi connectivity index (χ0n) is 21.9. The van der Waals surface area contributed by atoms with Crippen LogP contribution in [0.3, 0.4) is 0 Å². The lowest BCUT2D eigenvalue weighted by atomic mass is 9.94. The topological polar surface area (TPSA) is 94.5 Å². The predicted molar refractivity (Wildman–Crippen MR) is 142 cm³/mol. The molecule has 0 aromatic heterocycles. The monoisotopic (exact) mass is 517 g/mol. The van der Waals surface area contributed by atoms with E-state index in [9.17, 15) is 14.7 Å². The molecule has 8 heteroatoms. The van der Waals surface area contributed by atoms with Crippen molar-refractivity contribution in [1.82, 2.24) is 4.90 Å². The molecule has 0 spiro atoms. The van der Waals surface area contributed by atoms with E-state index in [0.29, 0.717) is 35.0 Å². The fourth-order valence-corrected chi connectivity index (χ4v) is 4.54. The van der Waals surface area contributed by atoms with Gasteiger partial charge in [0.15, 0.2) is 11.5 Å². The number of likely N-dealkylation sites (tertiary alicyclic amines) is 1. The van der Waals surface area contributed by atoms with Crippen LogP contribution in [-0.4, -0.2) is 56.2 Å². The van der Waals surface area contributed by atoms with E-state index in [-0.39, 0.29) is 24.5 Å². The van der Waals surface area contributed by atoms with Crippen LogP contribution in [0.15, 0.2) is 72.3 Å². The van der Waals surface area contributed by atoms with Crippen LogP contribution in [0.2, 0.25) is 0 Å². The summed E-state index contributed by atoms with van der Waals surface area (Å²) in [6.07, 6.45) is 0. The first-order chi connectivity index (χ1) is 18.4. The Bertz CT molecular complexity index is 1350. The van der Waals surface area contributed by atoms with E-state index >= 15 is 0 Å². The summed E-state index contributed by atoms with van der Waals surface area (Å²) in [5.74, 6) is -0.129. The summed E-state index contributed by atoms with van der Waals surface area (Å²) >= 11 is 0. The molecular weight excluding hydrogens is 486 g/mol. The number of aryl methyl sites for hydroxylation is 1. The van der Waals surface area contributed by atoms with E-state index in [4.69, 9.17) is 18.9 Å². The highest BCUT2D eigenvalue weighted by molar-refractivity contribution is 6.46. The molecule has 4 rings (SSSR count). The van der Waals surface area contributed by atoms with Gasteiger partial charge in [-0.2, -0.15) is 0 Å². The first-order valence-corrected chi connectivity index (χ1v) is 12.2. The molecule has 0 saturated carbocycles. The van der Waals surface area contributed by atoms with Gasteiger partial charge in [-0.05, 0) is 53.9 Å². The van der Waals surface area contributed by atoms with Crippen molar-refractivity contribution in [3.63, 3.8) is 0 Å². The molecule has 1 fully saturated rings. The van der Waals surface area contributed by atoms with Crippen LogP contribution >= 0.6 is 0 Å². The number of hydrogen-bond donors (Lipinski definition) is 1. The second-order valence-corrected chi connectivity index (χ2v) is 8.85. The summed E-state index contributed by atoms with van der Waals surface area (Å²) in [5.41, 5.74) is 2.78. The predicted octanol–water partition coefficient (Wildman–Crippen LogP) is 4.66. The van der Waals surface area contributed by atoms with Gasteiger partial charge in [0.25, 0.3) is 11.7 Å². The third kappa shape index (κ3) is 5.35. The SMILES string of the molecule is COCCN1C(=O)C(=O)/C(=C(/O)c2ccc(OC)c(C)c2)C1c1ccc(OCc2ccccc2)c(OC)c1. The van der Waals surface area contributed by atoms with Gasteiger partial charge in [-0.1, -0.05) is 36.4 Å². The standard InChI is InChI=1S/C30H31NO7/c1-19-16-22(11-12-23(19)36-3)28(32)26-27(31(14-15-35-2)30(34)29(26)33)21-10-13-24(25(17-21)37-4)38-18-20-8-6-5-7-9-20/h5-13,16-17,27,32H,14-15,18H2,1-4H3/b28-26+. The summed E-state index contributed by atoms with van der Waals surface area (Å²) in [5, 5.41) is 11.3. The molecule has 1 amide bonds. The average molecular weight is 518 g/mol. The van der Waals surface area contributed by atoms with E-state index < -0.39 is 17.7 Å². The van der Waals surface area contributed by atoms with Crippen LogP contribution in [0.1, 0.15) is 28.3 Å². The summed E-state index contributed by atoms with van der Waals surface area (Å²) in [4.78, 5) is 27.7. The van der Waals surface area contributed by atoms with Crippen molar-refractivity contribution in [3.05, 3.63) is 94.6 Å². The third-order valence-electron chi connectivity index (χ3n) is 6.49. The van der Waals surface area contributed by atoms with Crippen LogP contribution in [0.4, 0.5) is 0 Å². The maximum atomic E-state index is 13.2. The number of carbonyl (C=O) groups excluding carboxylic acids is 2. The Kier molecular flexibility index (Phi) is 8.33. The molecule has 8 nitrogen and oxygen atoms in total. The second kappa shape index (κ2) is 11.8. The lowest BCUT2D eigenvalue weighted by Gasteiger charge is -2.25. The van der Waals surface area contributed by atoms with Crippen molar-refractivity contribution in [2.45, 2.75) is 19.6 Å². The van der Waals surface area contributed by atoms with Crippen LogP contribution in [-0.2, 0) is 20.9 Å². The molecular formula is C30H31NO7. The highest BCUT2D eigenvalue weighted by Crippen LogP contribution is 2.42. The Hall–Kier alpha value is -4.30. The quantitative estimate of drug-likeness (QED) is 0.237. The van der Waals surface area contributed by atoms with Crippen LogP contribution in [0.25, 0.3) is 5.76 Å². The molecule has 0 radical (unpaired) electrons. The Balaban J connectivity index is 1.76. The molecule has 38 heavy (non-hydrogen) atoms. The maximum absolute atomic E-state index is 13.2. The molecule has 1 aliphatic heterocycles. The van der Waals surface area contributed by atoms with Crippen LogP contribution in [0.5, 0.6) is 17.2 Å². The number of aliphatic hydroxyl groups is 1. The van der Waals surface area contributed by atoms with Gasteiger partial charge in [0.05, 0.1) is 32.4 Å². The van der Waals surface area contributed by atoms with Crippen molar-refractivity contribution in [1.29, 1.82) is 0 Å². The number of ketones is 1. The smallest absolute Gasteiger partial charge is 0.295 e. The van der Waals surface area contributed by atoms with Gasteiger partial charge in [-0.3, -0.25) is 9.59 Å². The van der Waals surface area contributed by atoms with Crippen LogP contribution < -0.4 is 14.2 Å². The Morgan fingerprint density at radius 3 is 2.26 bits per heavy atom. The number of hydrogen-bond acceptors (Lipinski definition) is 7. The zero-order valence-corrected chi connectivity index (χ0v) is 21.9. The van der Waals surface area contributed by atoms with Gasteiger partial charge in [0.1, 0.15) is 18.1 Å². The van der Waals surface area contributed by atoms with E-state index in [1.807, 2.05) is 37.3 Å². The van der Waals surface area contributed by atoms with Gasteiger partial charge in [-0.15, -0.1) is 0 Å². The number of benzene rings is 3. The zero-order chi connectivity index (χ0) is 27.2. The summed E-state index contributed by atoms with van der Waals surface area (Å²) in [6.45, 7) is 2.57. The largest absolute Gasteiger partial charge is 0.507 e. The first kappa shape index (κ1) is 26.8. The molecule has 3 aromatic rings. The molecule has 3 aromatic carbocycles. The Labute approximate surface area is 222 Å². The van der Waals surface area contributed by atoms with Gasteiger partial charge in [0.2, 0.25) is 0 Å². The number of amides is 1. The summed E-state index contributed by atoms with van der Waals surface area (Å²) in [7, 11) is 4.61. The van der Waals surface area contributed by atoms with Gasteiger partial charge in [0, 0.05) is 19.2 Å². The second-order valence-electron chi connectivity index (χ2n) is 8.85. The summed E-state index contributed by atoms with van der Waals surface area (Å²) < 4.78 is 22.1. The molecule has 1 N–H and O–H groups in total. The van der Waals surface area contributed by atoms with Crippen molar-refractivity contribution in [2.75, 3.05) is 34.5 Å². The molecule has 1 unspecified atom stereocenters. The van der Waals surface area contributed by atoms with Crippen LogP contribution in [0, 0.1) is 6.92 Å². The van der Waals surface area contributed by atoms with Crippen molar-refractivity contribution in [2.24, 2.45) is 0 Å². The average Bonchev–Trinajstić information content (AvgIpc) is 3.19. The van der Waals surface area contributed by atoms with E-state index in [0.717, 1.165) is 11.1 Å². The third-order valence-corrected chi connectivity index (χ3v) is 6.49. The number of aliphatic hydroxyl groups excluding tert-OH is 1. The number of nitrogens with zero attached hydrogens (tertiary/aromatic N) is 1. The number of Topliss-reactive ketones (excluding diaryl/α,β-unsaturated/α-hetero) is 1. The Morgan fingerprint density at radius 1 is 0.895 bits per heavy atom. The minimum atomic E-state index is -0.843. The lowest BCUT2D eigenvalue weighted by Crippen LogP contribution is -2.32. The van der Waals surface area contributed by atoms with Gasteiger partial charge >= 0.3 is 0 Å². The molecule has 0 aliphatic carbocycles. The molecule has 198 valence electrons. The fourth-order valence-electron chi connectivity index (χ4n) is 4.54. The minimum Gasteiger partial charge on any atom is -0.507 e. The number of ether oxygens (including phenoxy) is 4. The highest BCUT2D eigenvalue weighted by atomic mass is 16.5. The number of rotatable bonds is 10. The maximum Gasteiger partial charge on any atom is 0.295 e. The van der Waals surface area contributed by atoms with Gasteiger partial charge < -0.3 is 29.0 Å². The molecule has 1 heterocycles. The molecule has 1 saturated heterocycles. The minimum absolute atomic E-state index is 0.00400. The van der Waals surface area contributed by atoms with Crippen molar-refractivity contribution in [3.8, 4) is 17.2 Å². The molecule has 0 bridgehead atoms. The first-order valence-electron chi connectivity index (χ1n) is 12.2. The van der Waals surface area contributed by atoms with E-state index in [1.54, 1.807) is 43.5 Å². The summed E-state index contributed by atoms with van der Waals surface area (Å²) in [6, 6.07) is 19.2. The highest BCUT2D eigenvalue weighted by Gasteiger charge is 2.46. The number of carbonyl (C=O) groups is 2. The van der Waals surface area contributed by atoms with E-state index in [2.05, 4.69) is 0 Å².